The van der Waals surface area contributed by atoms with E-state index in [2.05, 4.69) is 25.6 Å². The number of rotatable bonds is 3. The van der Waals surface area contributed by atoms with Gasteiger partial charge in [-0.05, 0) is 54.8 Å². The molecular weight excluding hydrogens is 314 g/mol. The van der Waals surface area contributed by atoms with Gasteiger partial charge in [-0.15, -0.1) is 0 Å². The van der Waals surface area contributed by atoms with Crippen LogP contribution in [0.2, 0.25) is 0 Å². The number of nitrogens with zero attached hydrogens (tertiary/aromatic N) is 1. The Morgan fingerprint density at radius 2 is 2.04 bits per heavy atom. The summed E-state index contributed by atoms with van der Waals surface area (Å²) in [5, 5.41) is 4.06. The summed E-state index contributed by atoms with van der Waals surface area (Å²) in [5.41, 5.74) is 3.20. The van der Waals surface area contributed by atoms with Crippen molar-refractivity contribution in [1.29, 1.82) is 0 Å². The van der Waals surface area contributed by atoms with Gasteiger partial charge in [0, 0.05) is 23.8 Å². The Hall–Kier alpha value is -1.71. The molecule has 134 valence electrons. The van der Waals surface area contributed by atoms with E-state index in [4.69, 9.17) is 4.52 Å². The lowest BCUT2D eigenvalue weighted by atomic mass is 9.50. The first-order valence-electron chi connectivity index (χ1n) is 9.45. The van der Waals surface area contributed by atoms with Gasteiger partial charge in [-0.1, -0.05) is 31.2 Å². The van der Waals surface area contributed by atoms with Gasteiger partial charge in [0.25, 0.3) is 0 Å². The normalized spacial score (nSPS) is 43.4. The molecule has 6 atom stereocenters. The highest BCUT2D eigenvalue weighted by Crippen LogP contribution is 2.62. The molecule has 0 aliphatic heterocycles. The van der Waals surface area contributed by atoms with Crippen LogP contribution in [0.15, 0.2) is 22.9 Å². The molecule has 0 amide bonds. The maximum atomic E-state index is 12.2. The Labute approximate surface area is 149 Å². The molecule has 2 fully saturated rings. The molecule has 4 heteroatoms. The summed E-state index contributed by atoms with van der Waals surface area (Å²) in [6.45, 7) is 8.79. The minimum Gasteiger partial charge on any atom is -0.364 e. The standard InChI is InChI=1S/C21H27NO3/c1-13-4-5-17-16(11-24)18(6-7-20(13,17)2)21(3)9-14-12-25-22-19(14)8-15(21)10-23/h10-12,15-18H,1,4-9H2,2-3H3/t15-,16?,17?,18?,20?,21+/m1/s1. The van der Waals surface area contributed by atoms with E-state index in [0.717, 1.165) is 49.6 Å². The van der Waals surface area contributed by atoms with E-state index in [1.807, 2.05) is 0 Å². The van der Waals surface area contributed by atoms with Crippen LogP contribution >= 0.6 is 0 Å². The highest BCUT2D eigenvalue weighted by Gasteiger charge is 2.57. The zero-order valence-corrected chi connectivity index (χ0v) is 15.2. The van der Waals surface area contributed by atoms with E-state index in [1.165, 1.54) is 11.9 Å². The predicted molar refractivity (Wildman–Crippen MR) is 93.8 cm³/mol. The highest BCUT2D eigenvalue weighted by atomic mass is 16.5. The van der Waals surface area contributed by atoms with Crippen molar-refractivity contribution in [1.82, 2.24) is 5.16 Å². The lowest BCUT2D eigenvalue weighted by molar-refractivity contribution is -0.129. The summed E-state index contributed by atoms with van der Waals surface area (Å²) in [7, 11) is 0. The largest absolute Gasteiger partial charge is 0.364 e. The van der Waals surface area contributed by atoms with E-state index >= 15 is 0 Å². The molecule has 4 nitrogen and oxygen atoms in total. The number of hydrogen-bond acceptors (Lipinski definition) is 4. The first kappa shape index (κ1) is 16.7. The third kappa shape index (κ3) is 2.22. The van der Waals surface area contributed by atoms with Crippen LogP contribution in [0.1, 0.15) is 50.8 Å². The van der Waals surface area contributed by atoms with Crippen molar-refractivity contribution in [3.63, 3.8) is 0 Å². The van der Waals surface area contributed by atoms with Gasteiger partial charge in [0.2, 0.25) is 0 Å². The van der Waals surface area contributed by atoms with Gasteiger partial charge in [-0.2, -0.15) is 0 Å². The summed E-state index contributed by atoms with van der Waals surface area (Å²) in [5.74, 6) is 0.495. The van der Waals surface area contributed by atoms with E-state index in [1.54, 1.807) is 6.26 Å². The molecule has 3 aliphatic rings. The third-order valence-electron chi connectivity index (χ3n) is 8.02. The van der Waals surface area contributed by atoms with E-state index in [9.17, 15) is 9.59 Å². The van der Waals surface area contributed by atoms with Crippen molar-refractivity contribution in [2.24, 2.45) is 34.5 Å². The average Bonchev–Trinajstić information content (AvgIpc) is 3.17. The maximum absolute atomic E-state index is 12.2. The molecule has 25 heavy (non-hydrogen) atoms. The van der Waals surface area contributed by atoms with Crippen molar-refractivity contribution >= 4 is 12.6 Å². The summed E-state index contributed by atoms with van der Waals surface area (Å²) in [6, 6.07) is 0. The van der Waals surface area contributed by atoms with Crippen LogP contribution < -0.4 is 0 Å². The van der Waals surface area contributed by atoms with Gasteiger partial charge in [0.05, 0.1) is 5.69 Å². The topological polar surface area (TPSA) is 60.2 Å². The van der Waals surface area contributed by atoms with Crippen LogP contribution in [0.5, 0.6) is 0 Å². The van der Waals surface area contributed by atoms with Crippen LogP contribution in [0, 0.1) is 34.5 Å². The number of fused-ring (bicyclic) bond motifs is 2. The Bertz CT molecular complexity index is 722. The monoisotopic (exact) mass is 341 g/mol. The van der Waals surface area contributed by atoms with Gasteiger partial charge in [-0.25, -0.2) is 0 Å². The van der Waals surface area contributed by atoms with Crippen LogP contribution in [0.4, 0.5) is 0 Å². The van der Waals surface area contributed by atoms with Crippen LogP contribution in [0.25, 0.3) is 0 Å². The number of carbonyl (C=O) groups excluding carboxylic acids is 2. The minimum atomic E-state index is -0.211. The van der Waals surface area contributed by atoms with Crippen molar-refractivity contribution in [2.75, 3.05) is 0 Å². The summed E-state index contributed by atoms with van der Waals surface area (Å²) in [4.78, 5) is 24.1. The smallest absolute Gasteiger partial charge is 0.127 e. The van der Waals surface area contributed by atoms with Crippen LogP contribution in [-0.4, -0.2) is 17.7 Å². The van der Waals surface area contributed by atoms with Gasteiger partial charge in [0.15, 0.2) is 0 Å². The molecule has 0 spiro atoms. The van der Waals surface area contributed by atoms with Crippen molar-refractivity contribution in [3.8, 4) is 0 Å². The molecule has 0 radical (unpaired) electrons. The SMILES string of the molecule is C=C1CCC2C(C=O)C([C@@]3(C)Cc4conc4C[C@@H]3C=O)CCC12C. The third-order valence-corrected chi connectivity index (χ3v) is 8.02. The number of hydrogen-bond donors (Lipinski definition) is 0. The van der Waals surface area contributed by atoms with Gasteiger partial charge < -0.3 is 14.1 Å². The molecule has 0 aromatic carbocycles. The molecule has 4 rings (SSSR count). The first-order valence-corrected chi connectivity index (χ1v) is 9.45. The zero-order valence-electron chi connectivity index (χ0n) is 15.2. The molecule has 2 saturated carbocycles. The first-order chi connectivity index (χ1) is 11.9. The van der Waals surface area contributed by atoms with Crippen LogP contribution in [0.3, 0.4) is 0 Å². The van der Waals surface area contributed by atoms with Crippen molar-refractivity contribution in [3.05, 3.63) is 29.7 Å². The zero-order chi connectivity index (χ0) is 17.8. The average molecular weight is 341 g/mol. The molecule has 3 aliphatic carbocycles. The summed E-state index contributed by atoms with van der Waals surface area (Å²) < 4.78 is 5.15. The molecule has 0 N–H and O–H groups in total. The summed E-state index contributed by atoms with van der Waals surface area (Å²) in [6.07, 6.45) is 9.52. The van der Waals surface area contributed by atoms with Gasteiger partial charge in [0.1, 0.15) is 18.8 Å². The Morgan fingerprint density at radius 3 is 2.76 bits per heavy atom. The fourth-order valence-corrected chi connectivity index (χ4v) is 6.25. The Morgan fingerprint density at radius 1 is 1.24 bits per heavy atom. The van der Waals surface area contributed by atoms with E-state index in [0.29, 0.717) is 12.3 Å². The number of allylic oxidation sites excluding steroid dienone is 1. The molecule has 0 bridgehead atoms. The fraction of sp³-hybridized carbons (Fsp3) is 0.667. The van der Waals surface area contributed by atoms with E-state index in [-0.39, 0.29) is 28.6 Å². The Balaban J connectivity index is 1.72. The van der Waals surface area contributed by atoms with Gasteiger partial charge in [-0.3, -0.25) is 0 Å². The molecule has 4 unspecified atom stereocenters. The number of aromatic nitrogens is 1. The second kappa shape index (κ2) is 5.65. The van der Waals surface area contributed by atoms with E-state index < -0.39 is 0 Å². The second-order valence-corrected chi connectivity index (χ2v) is 8.94. The lowest BCUT2D eigenvalue weighted by Crippen LogP contribution is -2.51. The quantitative estimate of drug-likeness (QED) is 0.620. The fourth-order valence-electron chi connectivity index (χ4n) is 6.25. The number of carbonyl (C=O) groups is 2. The number of aldehydes is 2. The van der Waals surface area contributed by atoms with Crippen molar-refractivity contribution < 1.29 is 14.1 Å². The molecule has 0 saturated heterocycles. The molecule has 1 heterocycles. The van der Waals surface area contributed by atoms with Crippen molar-refractivity contribution in [2.45, 2.75) is 52.4 Å². The van der Waals surface area contributed by atoms with Gasteiger partial charge >= 0.3 is 0 Å². The lowest BCUT2D eigenvalue weighted by Gasteiger charge is -2.53. The maximum Gasteiger partial charge on any atom is 0.127 e. The second-order valence-electron chi connectivity index (χ2n) is 8.94. The minimum absolute atomic E-state index is 0.00635. The molecule has 1 aromatic rings. The molecular formula is C21H27NO3. The Kier molecular flexibility index (Phi) is 3.78. The summed E-state index contributed by atoms with van der Waals surface area (Å²) >= 11 is 0. The van der Waals surface area contributed by atoms with Crippen LogP contribution in [-0.2, 0) is 22.4 Å². The predicted octanol–water partition coefficient (Wildman–Crippen LogP) is 3.79. The molecule has 1 aromatic heterocycles. The highest BCUT2D eigenvalue weighted by molar-refractivity contribution is 5.60.